The molecule has 0 saturated carbocycles. The summed E-state index contributed by atoms with van der Waals surface area (Å²) in [5.74, 6) is 0.991. The lowest BCUT2D eigenvalue weighted by Gasteiger charge is -2.30. The molecule has 3 rings (SSSR count). The lowest BCUT2D eigenvalue weighted by Crippen LogP contribution is -2.35. The first-order valence-corrected chi connectivity index (χ1v) is 8.66. The normalized spacial score (nSPS) is 13.3. The predicted molar refractivity (Wildman–Crippen MR) is 98.4 cm³/mol. The number of fused-ring (bicyclic) bond motifs is 1. The van der Waals surface area contributed by atoms with Crippen LogP contribution in [0, 0.1) is 0 Å². The van der Waals surface area contributed by atoms with Gasteiger partial charge in [0, 0.05) is 24.2 Å². The van der Waals surface area contributed by atoms with E-state index in [1.165, 1.54) is 0 Å². The summed E-state index contributed by atoms with van der Waals surface area (Å²) < 4.78 is 5.36. The average Bonchev–Trinajstić information content (AvgIpc) is 2.65. The number of para-hydroxylation sites is 1. The Morgan fingerprint density at radius 1 is 1.16 bits per heavy atom. The molecule has 130 valence electrons. The van der Waals surface area contributed by atoms with Crippen LogP contribution >= 0.6 is 0 Å². The summed E-state index contributed by atoms with van der Waals surface area (Å²) >= 11 is 0. The van der Waals surface area contributed by atoms with E-state index >= 15 is 0 Å². The molecule has 0 unspecified atom stereocenters. The molecular formula is C21H23NO3. The Labute approximate surface area is 148 Å². The minimum absolute atomic E-state index is 0.0578. The van der Waals surface area contributed by atoms with Gasteiger partial charge >= 0.3 is 0 Å². The number of methoxy groups -OCH3 is 1. The fourth-order valence-electron chi connectivity index (χ4n) is 3.36. The number of Topliss-reactive ketones (excluding diaryl/α,β-unsaturated/α-hetero) is 1. The molecule has 25 heavy (non-hydrogen) atoms. The van der Waals surface area contributed by atoms with E-state index in [1.807, 2.05) is 47.4 Å². The number of anilines is 1. The SMILES string of the molecule is COc1ccccc1CCC(=O)N1CCCc2cc(C(C)=O)ccc21. The Hall–Kier alpha value is -2.62. The maximum Gasteiger partial charge on any atom is 0.227 e. The third-order valence-corrected chi connectivity index (χ3v) is 4.71. The Balaban J connectivity index is 1.75. The zero-order valence-electron chi connectivity index (χ0n) is 14.7. The highest BCUT2D eigenvalue weighted by Gasteiger charge is 2.23. The molecular weight excluding hydrogens is 314 g/mol. The summed E-state index contributed by atoms with van der Waals surface area (Å²) in [6.45, 7) is 2.30. The standard InChI is InChI=1S/C21H23NO3/c1-15(23)17-9-11-19-18(14-17)7-5-13-22(19)21(24)12-10-16-6-3-4-8-20(16)25-2/h3-4,6,8-9,11,14H,5,7,10,12-13H2,1-2H3. The van der Waals surface area contributed by atoms with E-state index in [4.69, 9.17) is 4.74 Å². The first-order chi connectivity index (χ1) is 12.1. The van der Waals surface area contributed by atoms with Crippen LogP contribution in [-0.4, -0.2) is 25.3 Å². The van der Waals surface area contributed by atoms with Crippen molar-refractivity contribution in [2.24, 2.45) is 0 Å². The lowest BCUT2D eigenvalue weighted by molar-refractivity contribution is -0.118. The molecule has 0 radical (unpaired) electrons. The van der Waals surface area contributed by atoms with Crippen LogP contribution < -0.4 is 9.64 Å². The van der Waals surface area contributed by atoms with E-state index in [1.54, 1.807) is 14.0 Å². The van der Waals surface area contributed by atoms with Crippen molar-refractivity contribution >= 4 is 17.4 Å². The first-order valence-electron chi connectivity index (χ1n) is 8.66. The number of hydrogen-bond acceptors (Lipinski definition) is 3. The summed E-state index contributed by atoms with van der Waals surface area (Å²) in [4.78, 5) is 26.2. The third kappa shape index (κ3) is 3.73. The molecule has 0 bridgehead atoms. The molecule has 4 heteroatoms. The van der Waals surface area contributed by atoms with Crippen LogP contribution in [0.4, 0.5) is 5.69 Å². The van der Waals surface area contributed by atoms with Crippen molar-refractivity contribution < 1.29 is 14.3 Å². The minimum atomic E-state index is 0.0578. The fraction of sp³-hybridized carbons (Fsp3) is 0.333. The Morgan fingerprint density at radius 2 is 1.96 bits per heavy atom. The van der Waals surface area contributed by atoms with Crippen LogP contribution in [0.2, 0.25) is 0 Å². The van der Waals surface area contributed by atoms with E-state index in [0.29, 0.717) is 18.4 Å². The van der Waals surface area contributed by atoms with Crippen molar-refractivity contribution in [1.82, 2.24) is 0 Å². The van der Waals surface area contributed by atoms with Gasteiger partial charge in [0.15, 0.2) is 5.78 Å². The summed E-state index contributed by atoms with van der Waals surface area (Å²) in [5.41, 5.74) is 3.79. The van der Waals surface area contributed by atoms with Crippen LogP contribution in [0.1, 0.15) is 41.3 Å². The van der Waals surface area contributed by atoms with Crippen LogP contribution in [0.3, 0.4) is 0 Å². The lowest BCUT2D eigenvalue weighted by atomic mass is 9.97. The van der Waals surface area contributed by atoms with E-state index in [-0.39, 0.29) is 11.7 Å². The molecule has 0 aliphatic carbocycles. The van der Waals surface area contributed by atoms with E-state index in [9.17, 15) is 9.59 Å². The van der Waals surface area contributed by atoms with Crippen molar-refractivity contribution in [2.45, 2.75) is 32.6 Å². The Morgan fingerprint density at radius 3 is 2.72 bits per heavy atom. The number of amides is 1. The van der Waals surface area contributed by atoms with E-state index in [0.717, 1.165) is 42.0 Å². The number of benzene rings is 2. The molecule has 0 spiro atoms. The van der Waals surface area contributed by atoms with Gasteiger partial charge in [0.05, 0.1) is 7.11 Å². The van der Waals surface area contributed by atoms with Crippen molar-refractivity contribution in [3.8, 4) is 5.75 Å². The highest BCUT2D eigenvalue weighted by molar-refractivity contribution is 5.98. The molecule has 0 atom stereocenters. The van der Waals surface area contributed by atoms with Crippen molar-refractivity contribution in [2.75, 3.05) is 18.6 Å². The second-order valence-electron chi connectivity index (χ2n) is 6.36. The largest absolute Gasteiger partial charge is 0.496 e. The second-order valence-corrected chi connectivity index (χ2v) is 6.36. The molecule has 0 fully saturated rings. The number of hydrogen-bond donors (Lipinski definition) is 0. The van der Waals surface area contributed by atoms with Gasteiger partial charge in [-0.15, -0.1) is 0 Å². The van der Waals surface area contributed by atoms with Crippen LogP contribution in [0.5, 0.6) is 5.75 Å². The quantitative estimate of drug-likeness (QED) is 0.780. The van der Waals surface area contributed by atoms with Crippen molar-refractivity contribution in [1.29, 1.82) is 0 Å². The van der Waals surface area contributed by atoms with Gasteiger partial charge in [-0.1, -0.05) is 18.2 Å². The third-order valence-electron chi connectivity index (χ3n) is 4.71. The van der Waals surface area contributed by atoms with Crippen LogP contribution in [-0.2, 0) is 17.6 Å². The number of nitrogens with zero attached hydrogens (tertiary/aromatic N) is 1. The molecule has 1 aliphatic rings. The zero-order valence-corrected chi connectivity index (χ0v) is 14.7. The van der Waals surface area contributed by atoms with Crippen LogP contribution in [0.25, 0.3) is 0 Å². The number of rotatable bonds is 5. The maximum absolute atomic E-state index is 12.8. The molecule has 4 nitrogen and oxygen atoms in total. The van der Waals surface area contributed by atoms with Gasteiger partial charge in [0.25, 0.3) is 0 Å². The topological polar surface area (TPSA) is 46.6 Å². The minimum Gasteiger partial charge on any atom is -0.496 e. The van der Waals surface area contributed by atoms with Gasteiger partial charge in [-0.25, -0.2) is 0 Å². The molecule has 1 amide bonds. The smallest absolute Gasteiger partial charge is 0.227 e. The van der Waals surface area contributed by atoms with Gasteiger partial charge < -0.3 is 9.64 Å². The maximum atomic E-state index is 12.8. The number of carbonyl (C=O) groups excluding carboxylic acids is 2. The van der Waals surface area contributed by atoms with Crippen molar-refractivity contribution in [3.63, 3.8) is 0 Å². The second kappa shape index (κ2) is 7.51. The molecule has 2 aromatic carbocycles. The molecule has 0 saturated heterocycles. The molecule has 0 N–H and O–H groups in total. The van der Waals surface area contributed by atoms with Crippen LogP contribution in [0.15, 0.2) is 42.5 Å². The van der Waals surface area contributed by atoms with Gasteiger partial charge in [0.1, 0.15) is 5.75 Å². The average molecular weight is 337 g/mol. The van der Waals surface area contributed by atoms with E-state index in [2.05, 4.69) is 0 Å². The zero-order chi connectivity index (χ0) is 17.8. The summed E-state index contributed by atoms with van der Waals surface area (Å²) in [6.07, 6.45) is 2.93. The number of ether oxygens (including phenoxy) is 1. The van der Waals surface area contributed by atoms with Gasteiger partial charge in [-0.05, 0) is 61.6 Å². The summed E-state index contributed by atoms with van der Waals surface area (Å²) in [7, 11) is 1.65. The number of carbonyl (C=O) groups is 2. The first kappa shape index (κ1) is 17.2. The predicted octanol–water partition coefficient (Wildman–Crippen LogP) is 3.81. The summed E-state index contributed by atoms with van der Waals surface area (Å²) in [6, 6.07) is 13.4. The molecule has 2 aromatic rings. The van der Waals surface area contributed by atoms with Gasteiger partial charge in [-0.3, -0.25) is 9.59 Å². The van der Waals surface area contributed by atoms with E-state index < -0.39 is 0 Å². The Bertz CT molecular complexity index is 797. The summed E-state index contributed by atoms with van der Waals surface area (Å²) in [5, 5.41) is 0. The highest BCUT2D eigenvalue weighted by Crippen LogP contribution is 2.29. The number of aryl methyl sites for hydroxylation is 2. The van der Waals surface area contributed by atoms with Gasteiger partial charge in [-0.2, -0.15) is 0 Å². The highest BCUT2D eigenvalue weighted by atomic mass is 16.5. The molecule has 0 aromatic heterocycles. The monoisotopic (exact) mass is 337 g/mol. The van der Waals surface area contributed by atoms with Gasteiger partial charge in [0.2, 0.25) is 5.91 Å². The van der Waals surface area contributed by atoms with Crippen molar-refractivity contribution in [3.05, 3.63) is 59.2 Å². The Kier molecular flexibility index (Phi) is 5.17. The molecule has 1 aliphatic heterocycles. The molecule has 1 heterocycles. The fourth-order valence-corrected chi connectivity index (χ4v) is 3.36. The number of ketones is 1.